The number of benzene rings is 1. The first-order chi connectivity index (χ1) is 12.8. The van der Waals surface area contributed by atoms with Crippen LogP contribution in [0.25, 0.3) is 0 Å². The summed E-state index contributed by atoms with van der Waals surface area (Å²) in [6.45, 7) is 9.40. The van der Waals surface area contributed by atoms with Crippen LogP contribution in [-0.2, 0) is 20.8 Å². The van der Waals surface area contributed by atoms with E-state index in [1.54, 1.807) is 4.90 Å². The van der Waals surface area contributed by atoms with Gasteiger partial charge in [0.2, 0.25) is 0 Å². The Morgan fingerprint density at radius 2 is 2.04 bits per heavy atom. The molecule has 1 aromatic rings. The number of morpholine rings is 1. The number of hydrogen-bond acceptors (Lipinski definition) is 6. The molecule has 4 rings (SSSR count). The summed E-state index contributed by atoms with van der Waals surface area (Å²) in [4.78, 5) is 28.1. The van der Waals surface area contributed by atoms with Crippen LogP contribution >= 0.6 is 0 Å². The third kappa shape index (κ3) is 3.80. The molecule has 7 nitrogen and oxygen atoms in total. The number of cyclic esters (lactones) is 1. The topological polar surface area (TPSA) is 68.3 Å². The van der Waals surface area contributed by atoms with Crippen LogP contribution in [0.4, 0.5) is 4.79 Å². The van der Waals surface area contributed by atoms with Crippen molar-refractivity contribution in [2.75, 3.05) is 32.8 Å². The first-order valence-electron chi connectivity index (χ1n) is 9.44. The van der Waals surface area contributed by atoms with Crippen molar-refractivity contribution in [3.05, 3.63) is 34.9 Å². The molecule has 2 atom stereocenters. The minimum absolute atomic E-state index is 0.0321. The molecular weight excluding hydrogens is 348 g/mol. The summed E-state index contributed by atoms with van der Waals surface area (Å²) in [5.74, 6) is -0.251. The molecule has 27 heavy (non-hydrogen) atoms. The highest BCUT2D eigenvalue weighted by molar-refractivity contribution is 5.93. The summed E-state index contributed by atoms with van der Waals surface area (Å²) in [6, 6.07) is 5.98. The number of carbonyl (C=O) groups is 2. The molecule has 0 unspecified atom stereocenters. The zero-order valence-electron chi connectivity index (χ0n) is 16.1. The van der Waals surface area contributed by atoms with Crippen molar-refractivity contribution >= 4 is 12.1 Å². The molecule has 3 heterocycles. The largest absolute Gasteiger partial charge is 0.457 e. The third-order valence-electron chi connectivity index (χ3n) is 5.23. The molecule has 0 aliphatic carbocycles. The van der Waals surface area contributed by atoms with E-state index in [0.717, 1.165) is 24.2 Å². The molecular formula is C20H26N2O5. The molecule has 1 aromatic carbocycles. The average molecular weight is 374 g/mol. The van der Waals surface area contributed by atoms with Crippen molar-refractivity contribution in [3.8, 4) is 0 Å². The molecule has 0 spiro atoms. The van der Waals surface area contributed by atoms with E-state index in [2.05, 4.69) is 4.90 Å². The van der Waals surface area contributed by atoms with Crippen molar-refractivity contribution in [1.82, 2.24) is 9.80 Å². The molecule has 2 fully saturated rings. The highest BCUT2D eigenvalue weighted by Crippen LogP contribution is 2.30. The smallest absolute Gasteiger partial charge is 0.410 e. The summed E-state index contributed by atoms with van der Waals surface area (Å²) in [5, 5.41) is 0. The molecule has 2 saturated heterocycles. The molecule has 0 bridgehead atoms. The normalized spacial score (nSPS) is 25.6. The Bertz CT molecular complexity index is 757. The van der Waals surface area contributed by atoms with E-state index in [1.807, 2.05) is 39.0 Å². The second-order valence-corrected chi connectivity index (χ2v) is 8.39. The Labute approximate surface area is 159 Å². The third-order valence-corrected chi connectivity index (χ3v) is 5.23. The maximum Gasteiger partial charge on any atom is 0.410 e. The Morgan fingerprint density at radius 1 is 1.22 bits per heavy atom. The van der Waals surface area contributed by atoms with E-state index < -0.39 is 5.60 Å². The van der Waals surface area contributed by atoms with E-state index >= 15 is 0 Å². The number of piperazine rings is 1. The molecule has 7 heteroatoms. The number of fused-ring (bicyclic) bond motifs is 2. The van der Waals surface area contributed by atoms with Crippen LogP contribution in [0.5, 0.6) is 0 Å². The van der Waals surface area contributed by atoms with Gasteiger partial charge in [-0.1, -0.05) is 6.07 Å². The number of carbonyl (C=O) groups excluding carboxylic acids is 2. The zero-order valence-corrected chi connectivity index (χ0v) is 16.1. The van der Waals surface area contributed by atoms with Crippen molar-refractivity contribution in [1.29, 1.82) is 0 Å². The van der Waals surface area contributed by atoms with Gasteiger partial charge in [0.25, 0.3) is 0 Å². The first kappa shape index (κ1) is 18.3. The van der Waals surface area contributed by atoms with Crippen molar-refractivity contribution < 1.29 is 23.8 Å². The van der Waals surface area contributed by atoms with Gasteiger partial charge in [-0.2, -0.15) is 0 Å². The molecule has 0 saturated carbocycles. The average Bonchev–Trinajstić information content (AvgIpc) is 3.00. The number of ether oxygens (including phenoxy) is 3. The number of amides is 1. The Balaban J connectivity index is 1.38. The van der Waals surface area contributed by atoms with Crippen LogP contribution in [0.3, 0.4) is 0 Å². The molecule has 146 valence electrons. The lowest BCUT2D eigenvalue weighted by Crippen LogP contribution is -2.60. The number of rotatable bonds is 1. The van der Waals surface area contributed by atoms with Gasteiger partial charge in [0, 0.05) is 31.7 Å². The van der Waals surface area contributed by atoms with Crippen LogP contribution in [-0.4, -0.2) is 66.3 Å². The van der Waals surface area contributed by atoms with E-state index in [1.165, 1.54) is 0 Å². The Hall–Kier alpha value is -2.12. The maximum absolute atomic E-state index is 12.3. The molecule has 0 radical (unpaired) electrons. The summed E-state index contributed by atoms with van der Waals surface area (Å²) in [5.41, 5.74) is 2.16. The Morgan fingerprint density at radius 3 is 2.81 bits per heavy atom. The van der Waals surface area contributed by atoms with Crippen molar-refractivity contribution in [2.24, 2.45) is 0 Å². The minimum atomic E-state index is -0.485. The molecule has 1 amide bonds. The molecule has 0 aromatic heterocycles. The number of esters is 1. The predicted octanol–water partition coefficient (Wildman–Crippen LogP) is 2.35. The van der Waals surface area contributed by atoms with Crippen LogP contribution in [0.2, 0.25) is 0 Å². The highest BCUT2D eigenvalue weighted by Gasteiger charge is 2.37. The standard InChI is InChI=1S/C20H26N2O5/c1-20(2,3)27-19(24)22-7-6-21-10-17(25-12-15(21)9-22)13-4-5-16-14(8-13)11-26-18(16)23/h4-5,8,15,17H,6-7,9-12H2,1-3H3/t15-,17-/m0/s1. The van der Waals surface area contributed by atoms with Gasteiger partial charge in [-0.25, -0.2) is 9.59 Å². The van der Waals surface area contributed by atoms with Crippen LogP contribution in [0.1, 0.15) is 48.4 Å². The van der Waals surface area contributed by atoms with Gasteiger partial charge in [-0.3, -0.25) is 4.90 Å². The van der Waals surface area contributed by atoms with Crippen molar-refractivity contribution in [3.63, 3.8) is 0 Å². The van der Waals surface area contributed by atoms with Gasteiger partial charge < -0.3 is 19.1 Å². The van der Waals surface area contributed by atoms with Gasteiger partial charge in [0.1, 0.15) is 12.2 Å². The van der Waals surface area contributed by atoms with Crippen LogP contribution < -0.4 is 0 Å². The maximum atomic E-state index is 12.3. The lowest BCUT2D eigenvalue weighted by atomic mass is 10.00. The summed E-state index contributed by atoms with van der Waals surface area (Å²) < 4.78 is 16.7. The molecule has 0 N–H and O–H groups in total. The fraction of sp³-hybridized carbons (Fsp3) is 0.600. The van der Waals surface area contributed by atoms with E-state index in [9.17, 15) is 9.59 Å². The molecule has 3 aliphatic rings. The zero-order chi connectivity index (χ0) is 19.2. The fourth-order valence-corrected chi connectivity index (χ4v) is 3.83. The van der Waals surface area contributed by atoms with Crippen molar-refractivity contribution in [2.45, 2.75) is 45.1 Å². The van der Waals surface area contributed by atoms with E-state index in [-0.39, 0.29) is 24.2 Å². The highest BCUT2D eigenvalue weighted by atomic mass is 16.6. The van der Waals surface area contributed by atoms with Gasteiger partial charge in [-0.05, 0) is 38.5 Å². The Kier molecular flexibility index (Phi) is 4.60. The van der Waals surface area contributed by atoms with Gasteiger partial charge in [-0.15, -0.1) is 0 Å². The van der Waals surface area contributed by atoms with Crippen LogP contribution in [0.15, 0.2) is 18.2 Å². The predicted molar refractivity (Wildman–Crippen MR) is 97.4 cm³/mol. The lowest BCUT2D eigenvalue weighted by Gasteiger charge is -2.46. The minimum Gasteiger partial charge on any atom is -0.457 e. The summed E-state index contributed by atoms with van der Waals surface area (Å²) in [7, 11) is 0. The lowest BCUT2D eigenvalue weighted by molar-refractivity contribution is -0.0906. The monoisotopic (exact) mass is 374 g/mol. The number of hydrogen-bond donors (Lipinski definition) is 0. The SMILES string of the molecule is CC(C)(C)OC(=O)N1CCN2C[C@@H](c3ccc4c(c3)COC4=O)OC[C@@H]2C1. The number of nitrogens with zero attached hydrogens (tertiary/aromatic N) is 2. The van der Waals surface area contributed by atoms with Gasteiger partial charge >= 0.3 is 12.1 Å². The summed E-state index contributed by atoms with van der Waals surface area (Å²) >= 11 is 0. The summed E-state index contributed by atoms with van der Waals surface area (Å²) in [6.07, 6.45) is -0.289. The van der Waals surface area contributed by atoms with Crippen LogP contribution in [0, 0.1) is 0 Å². The van der Waals surface area contributed by atoms with E-state index in [4.69, 9.17) is 14.2 Å². The first-order valence-corrected chi connectivity index (χ1v) is 9.44. The van der Waals surface area contributed by atoms with Gasteiger partial charge in [0.05, 0.1) is 24.3 Å². The van der Waals surface area contributed by atoms with E-state index in [0.29, 0.717) is 31.9 Å². The quantitative estimate of drug-likeness (QED) is 0.703. The van der Waals surface area contributed by atoms with Gasteiger partial charge in [0.15, 0.2) is 0 Å². The fourth-order valence-electron chi connectivity index (χ4n) is 3.83. The molecule has 3 aliphatic heterocycles. The second kappa shape index (κ2) is 6.80. The second-order valence-electron chi connectivity index (χ2n) is 8.39.